The third kappa shape index (κ3) is 2.80. The zero-order valence-electron chi connectivity index (χ0n) is 12.0. The highest BCUT2D eigenvalue weighted by Gasteiger charge is 2.21. The molecule has 1 aromatic carbocycles. The quantitative estimate of drug-likeness (QED) is 0.870. The molecule has 0 aliphatic heterocycles. The topological polar surface area (TPSA) is 53.1 Å². The van der Waals surface area contributed by atoms with E-state index < -0.39 is 0 Å². The number of fused-ring (bicyclic) bond motifs is 1. The molecule has 1 atom stereocenters. The Hall–Kier alpha value is -1.39. The van der Waals surface area contributed by atoms with Gasteiger partial charge in [-0.2, -0.15) is 5.10 Å². The number of hydrogen-bond donors (Lipinski definition) is 1. The Morgan fingerprint density at radius 1 is 1.32 bits per heavy atom. The first-order chi connectivity index (χ1) is 9.13. The lowest BCUT2D eigenvalue weighted by Gasteiger charge is -2.26. The smallest absolute Gasteiger partial charge is 0.0960 e. The van der Waals surface area contributed by atoms with Crippen molar-refractivity contribution in [1.29, 1.82) is 0 Å². The molecule has 2 aromatic rings. The van der Waals surface area contributed by atoms with Gasteiger partial charge in [0.2, 0.25) is 0 Å². The normalized spacial score (nSPS) is 14.7. The molecule has 2 N–H and O–H groups in total. The van der Waals surface area contributed by atoms with Crippen LogP contribution in [0.15, 0.2) is 24.3 Å². The lowest BCUT2D eigenvalue weighted by Crippen LogP contribution is -2.36. The lowest BCUT2D eigenvalue weighted by molar-refractivity contribution is -0.0398. The van der Waals surface area contributed by atoms with Crippen LogP contribution in [0.5, 0.6) is 0 Å². The molecule has 0 bridgehead atoms. The minimum Gasteiger partial charge on any atom is -0.368 e. The number of rotatable bonds is 6. The van der Waals surface area contributed by atoms with E-state index in [0.717, 1.165) is 24.2 Å². The first-order valence-corrected chi connectivity index (χ1v) is 6.92. The Labute approximate surface area is 114 Å². The van der Waals surface area contributed by atoms with Gasteiger partial charge in [-0.25, -0.2) is 0 Å². The van der Waals surface area contributed by atoms with E-state index in [-0.39, 0.29) is 5.60 Å². The molecule has 4 nitrogen and oxygen atoms in total. The summed E-state index contributed by atoms with van der Waals surface area (Å²) in [6.07, 6.45) is 0.899. The monoisotopic (exact) mass is 261 g/mol. The van der Waals surface area contributed by atoms with Gasteiger partial charge in [-0.05, 0) is 26.3 Å². The van der Waals surface area contributed by atoms with Crippen molar-refractivity contribution in [3.8, 4) is 0 Å². The van der Waals surface area contributed by atoms with E-state index in [1.165, 1.54) is 5.39 Å². The summed E-state index contributed by atoms with van der Waals surface area (Å²) in [6, 6.07) is 8.27. The Balaban J connectivity index is 2.26. The molecule has 1 heterocycles. The molecule has 19 heavy (non-hydrogen) atoms. The van der Waals surface area contributed by atoms with Gasteiger partial charge in [-0.3, -0.25) is 4.68 Å². The second kappa shape index (κ2) is 5.72. The van der Waals surface area contributed by atoms with E-state index >= 15 is 0 Å². The molecule has 0 aliphatic carbocycles. The standard InChI is InChI=1S/C15H23N3O/c1-4-15(3,11-16)19-10-13-12-8-6-7-9-14(12)18(5-2)17-13/h6-9H,4-5,10-11,16H2,1-3H3. The fraction of sp³-hybridized carbons (Fsp3) is 0.533. The van der Waals surface area contributed by atoms with Crippen LogP contribution in [0.1, 0.15) is 32.9 Å². The van der Waals surface area contributed by atoms with Crippen LogP contribution in [0, 0.1) is 0 Å². The minimum absolute atomic E-state index is 0.267. The van der Waals surface area contributed by atoms with Gasteiger partial charge in [0.1, 0.15) is 0 Å². The van der Waals surface area contributed by atoms with Crippen molar-refractivity contribution in [2.24, 2.45) is 5.73 Å². The summed E-state index contributed by atoms with van der Waals surface area (Å²) in [5.41, 5.74) is 7.66. The molecule has 1 aromatic heterocycles. The molecule has 104 valence electrons. The van der Waals surface area contributed by atoms with Crippen LogP contribution in [-0.4, -0.2) is 21.9 Å². The summed E-state index contributed by atoms with van der Waals surface area (Å²) >= 11 is 0. The van der Waals surface area contributed by atoms with Crippen molar-refractivity contribution in [2.75, 3.05) is 6.54 Å². The molecule has 1 unspecified atom stereocenters. The predicted molar refractivity (Wildman–Crippen MR) is 77.9 cm³/mol. The fourth-order valence-electron chi connectivity index (χ4n) is 2.09. The Morgan fingerprint density at radius 2 is 2.05 bits per heavy atom. The van der Waals surface area contributed by atoms with Gasteiger partial charge in [-0.15, -0.1) is 0 Å². The highest BCUT2D eigenvalue weighted by atomic mass is 16.5. The van der Waals surface area contributed by atoms with E-state index in [1.807, 2.05) is 23.7 Å². The first kappa shape index (κ1) is 14.0. The van der Waals surface area contributed by atoms with Crippen LogP contribution in [0.4, 0.5) is 0 Å². The highest BCUT2D eigenvalue weighted by molar-refractivity contribution is 5.81. The maximum Gasteiger partial charge on any atom is 0.0960 e. The number of hydrogen-bond acceptors (Lipinski definition) is 3. The number of aryl methyl sites for hydroxylation is 1. The van der Waals surface area contributed by atoms with Gasteiger partial charge in [0.15, 0.2) is 0 Å². The summed E-state index contributed by atoms with van der Waals surface area (Å²) in [7, 11) is 0. The number of nitrogens with zero attached hydrogens (tertiary/aromatic N) is 2. The van der Waals surface area contributed by atoms with E-state index in [0.29, 0.717) is 13.2 Å². The molecule has 0 fully saturated rings. The molecule has 0 aliphatic rings. The van der Waals surface area contributed by atoms with Crippen molar-refractivity contribution in [3.63, 3.8) is 0 Å². The largest absolute Gasteiger partial charge is 0.368 e. The summed E-state index contributed by atoms with van der Waals surface area (Å²) in [4.78, 5) is 0. The Bertz CT molecular complexity index is 543. The maximum atomic E-state index is 5.98. The van der Waals surface area contributed by atoms with Gasteiger partial charge in [0, 0.05) is 18.5 Å². The number of ether oxygens (including phenoxy) is 1. The van der Waals surface area contributed by atoms with Crippen LogP contribution >= 0.6 is 0 Å². The molecule has 0 radical (unpaired) electrons. The number of nitrogens with two attached hydrogens (primary N) is 1. The number of benzene rings is 1. The number of para-hydroxylation sites is 1. The van der Waals surface area contributed by atoms with E-state index in [1.54, 1.807) is 0 Å². The minimum atomic E-state index is -0.267. The van der Waals surface area contributed by atoms with Crippen molar-refractivity contribution in [2.45, 2.75) is 45.9 Å². The van der Waals surface area contributed by atoms with Gasteiger partial charge >= 0.3 is 0 Å². The highest BCUT2D eigenvalue weighted by Crippen LogP contribution is 2.22. The zero-order valence-corrected chi connectivity index (χ0v) is 12.0. The van der Waals surface area contributed by atoms with Crippen molar-refractivity contribution in [3.05, 3.63) is 30.0 Å². The molecule has 4 heteroatoms. The molecule has 2 rings (SSSR count). The van der Waals surface area contributed by atoms with Crippen LogP contribution in [-0.2, 0) is 17.9 Å². The molecule has 0 saturated carbocycles. The molecular formula is C15H23N3O. The predicted octanol–water partition coefficient (Wildman–Crippen LogP) is 2.70. The van der Waals surface area contributed by atoms with Crippen molar-refractivity contribution in [1.82, 2.24) is 9.78 Å². The molecular weight excluding hydrogens is 238 g/mol. The van der Waals surface area contributed by atoms with Crippen LogP contribution in [0.3, 0.4) is 0 Å². The summed E-state index contributed by atoms with van der Waals surface area (Å²) in [5.74, 6) is 0. The fourth-order valence-corrected chi connectivity index (χ4v) is 2.09. The van der Waals surface area contributed by atoms with Crippen molar-refractivity contribution >= 4 is 10.9 Å². The van der Waals surface area contributed by atoms with Gasteiger partial charge in [0.05, 0.1) is 23.4 Å². The first-order valence-electron chi connectivity index (χ1n) is 6.92. The zero-order chi connectivity index (χ0) is 13.9. The second-order valence-corrected chi connectivity index (χ2v) is 5.08. The third-order valence-corrected chi connectivity index (χ3v) is 3.77. The molecule has 0 spiro atoms. The Morgan fingerprint density at radius 3 is 2.68 bits per heavy atom. The SMILES string of the molecule is CCn1nc(COC(C)(CC)CN)c2ccccc21. The average Bonchev–Trinajstić information content (AvgIpc) is 2.83. The van der Waals surface area contributed by atoms with Gasteiger partial charge in [-0.1, -0.05) is 25.1 Å². The van der Waals surface area contributed by atoms with Crippen LogP contribution in [0.25, 0.3) is 10.9 Å². The average molecular weight is 261 g/mol. The third-order valence-electron chi connectivity index (χ3n) is 3.77. The van der Waals surface area contributed by atoms with E-state index in [2.05, 4.69) is 31.1 Å². The van der Waals surface area contributed by atoms with Gasteiger partial charge < -0.3 is 10.5 Å². The van der Waals surface area contributed by atoms with E-state index in [9.17, 15) is 0 Å². The summed E-state index contributed by atoms with van der Waals surface area (Å²) < 4.78 is 7.99. The number of aromatic nitrogens is 2. The maximum absolute atomic E-state index is 5.98. The summed E-state index contributed by atoms with van der Waals surface area (Å²) in [6.45, 7) is 8.13. The molecule has 0 amide bonds. The van der Waals surface area contributed by atoms with Crippen LogP contribution in [0.2, 0.25) is 0 Å². The van der Waals surface area contributed by atoms with Crippen molar-refractivity contribution < 1.29 is 4.74 Å². The van der Waals surface area contributed by atoms with Gasteiger partial charge in [0.25, 0.3) is 0 Å². The lowest BCUT2D eigenvalue weighted by atomic mass is 10.0. The second-order valence-electron chi connectivity index (χ2n) is 5.08. The summed E-state index contributed by atoms with van der Waals surface area (Å²) in [5, 5.41) is 5.80. The Kier molecular flexibility index (Phi) is 4.22. The van der Waals surface area contributed by atoms with E-state index in [4.69, 9.17) is 10.5 Å². The van der Waals surface area contributed by atoms with Crippen LogP contribution < -0.4 is 5.73 Å². The molecule has 0 saturated heterocycles.